The summed E-state index contributed by atoms with van der Waals surface area (Å²) in [6, 6.07) is 26.8. The number of pyridine rings is 2. The van der Waals surface area contributed by atoms with Crippen LogP contribution in [0.15, 0.2) is 85.2 Å². The molecular weight excluding hydrogens is 921 g/mol. The van der Waals surface area contributed by atoms with Gasteiger partial charge in [0.1, 0.15) is 22.6 Å². The topological polar surface area (TPSA) is 202 Å². The fraction of sp³-hybridized carbons (Fsp3) is 0.517. The lowest BCUT2D eigenvalue weighted by Crippen LogP contribution is -2.49. The molecular formula is C58H78N8O7. The Hall–Kier alpha value is -6.84. The van der Waals surface area contributed by atoms with Crippen LogP contribution in [0.2, 0.25) is 0 Å². The zero-order valence-electron chi connectivity index (χ0n) is 44.5. The van der Waals surface area contributed by atoms with Crippen LogP contribution in [0.3, 0.4) is 0 Å². The van der Waals surface area contributed by atoms with Crippen molar-refractivity contribution in [3.05, 3.63) is 130 Å². The number of unbranched alkanes of at least 4 members (excludes halogenated alkanes) is 4. The van der Waals surface area contributed by atoms with Gasteiger partial charge in [0, 0.05) is 63.7 Å². The van der Waals surface area contributed by atoms with E-state index in [9.17, 15) is 19.2 Å². The summed E-state index contributed by atoms with van der Waals surface area (Å²) < 4.78 is 10.9. The molecule has 4 aromatic rings. The number of aryl methyl sites for hydroxylation is 2. The molecule has 0 bridgehead atoms. The third-order valence-corrected chi connectivity index (χ3v) is 12.3. The summed E-state index contributed by atoms with van der Waals surface area (Å²) in [7, 11) is 0. The number of rotatable bonds is 16. The van der Waals surface area contributed by atoms with Crippen molar-refractivity contribution >= 4 is 24.1 Å². The Morgan fingerprint density at radius 3 is 1.45 bits per heavy atom. The number of hydrogen-bond donors (Lipinski definition) is 2. The van der Waals surface area contributed by atoms with E-state index >= 15 is 0 Å². The normalized spacial score (nSPS) is 14.0. The Kier molecular flexibility index (Phi) is 23.8. The molecule has 15 heteroatoms. The summed E-state index contributed by atoms with van der Waals surface area (Å²) in [4.78, 5) is 62.4. The Bertz CT molecular complexity index is 2400. The minimum absolute atomic E-state index is 0.0298. The average molecular weight is 999 g/mol. The minimum atomic E-state index is -0.967. The highest BCUT2D eigenvalue weighted by molar-refractivity contribution is 5.92. The summed E-state index contributed by atoms with van der Waals surface area (Å²) in [6.07, 6.45) is 15.1. The van der Waals surface area contributed by atoms with E-state index in [4.69, 9.17) is 25.1 Å². The fourth-order valence-corrected chi connectivity index (χ4v) is 8.19. The van der Waals surface area contributed by atoms with E-state index in [1.165, 1.54) is 31.2 Å². The number of hydrogen-bond acceptors (Lipinski definition) is 11. The highest BCUT2D eigenvalue weighted by Crippen LogP contribution is 2.24. The second kappa shape index (κ2) is 29.6. The van der Waals surface area contributed by atoms with Gasteiger partial charge in [-0.1, -0.05) is 75.9 Å². The summed E-state index contributed by atoms with van der Waals surface area (Å²) in [5, 5.41) is 30.1. The van der Waals surface area contributed by atoms with E-state index in [-0.39, 0.29) is 29.8 Å². The first kappa shape index (κ1) is 58.7. The van der Waals surface area contributed by atoms with Gasteiger partial charge >= 0.3 is 18.2 Å². The van der Waals surface area contributed by atoms with Gasteiger partial charge in [-0.25, -0.2) is 19.4 Å². The number of aromatic carboxylic acids is 1. The number of aromatic nitrogens is 2. The fourth-order valence-electron chi connectivity index (χ4n) is 8.19. The number of carbonyl (C=O) groups is 4. The van der Waals surface area contributed by atoms with Crippen molar-refractivity contribution < 1.29 is 33.8 Å². The number of amides is 3. The number of benzene rings is 2. The second-order valence-electron chi connectivity index (χ2n) is 20.7. The molecule has 15 nitrogen and oxygen atoms in total. The van der Waals surface area contributed by atoms with Crippen LogP contribution in [0.25, 0.3) is 0 Å². The van der Waals surface area contributed by atoms with Crippen LogP contribution in [0.1, 0.15) is 174 Å². The molecule has 392 valence electrons. The Morgan fingerprint density at radius 2 is 1.05 bits per heavy atom. The SMILES string of the molecule is CC(C)(C)OC(=O)N1CCC(NCc2ccc(C#N)cc2)CC1.CCCCCc1ccc(C(=O)N(Cc2ccc(C#N)cc2)C2CCN(C(=O)OC(C)(C)C)CC2)nc1.CCCCCc1ccc(C(=O)O)nc1. The summed E-state index contributed by atoms with van der Waals surface area (Å²) >= 11 is 0. The second-order valence-corrected chi connectivity index (χ2v) is 20.7. The van der Waals surface area contributed by atoms with E-state index in [1.807, 2.05) is 107 Å². The van der Waals surface area contributed by atoms with Crippen molar-refractivity contribution in [1.29, 1.82) is 10.5 Å². The van der Waals surface area contributed by atoms with E-state index in [2.05, 4.69) is 41.3 Å². The maximum Gasteiger partial charge on any atom is 0.410 e. The molecule has 2 aromatic carbocycles. The molecule has 73 heavy (non-hydrogen) atoms. The van der Waals surface area contributed by atoms with Gasteiger partial charge in [0.15, 0.2) is 0 Å². The number of nitrogens with zero attached hydrogens (tertiary/aromatic N) is 7. The molecule has 0 atom stereocenters. The van der Waals surface area contributed by atoms with Crippen molar-refractivity contribution in [2.45, 2.75) is 169 Å². The van der Waals surface area contributed by atoms with Crippen LogP contribution in [0.4, 0.5) is 9.59 Å². The first-order chi connectivity index (χ1) is 34.8. The highest BCUT2D eigenvalue weighted by Gasteiger charge is 2.33. The molecule has 0 saturated carbocycles. The van der Waals surface area contributed by atoms with Gasteiger partial charge in [-0.3, -0.25) is 9.78 Å². The minimum Gasteiger partial charge on any atom is -0.477 e. The van der Waals surface area contributed by atoms with Gasteiger partial charge in [-0.05, 0) is 152 Å². The van der Waals surface area contributed by atoms with Crippen molar-refractivity contribution in [3.63, 3.8) is 0 Å². The average Bonchev–Trinajstić information content (AvgIpc) is 3.37. The van der Waals surface area contributed by atoms with Gasteiger partial charge in [-0.15, -0.1) is 0 Å². The highest BCUT2D eigenvalue weighted by atomic mass is 16.6. The third-order valence-electron chi connectivity index (χ3n) is 12.3. The number of piperidine rings is 2. The predicted octanol–water partition coefficient (Wildman–Crippen LogP) is 11.3. The standard InChI is InChI=1S/C29H38N4O3.C18H25N3O2.C11H15NO2/c1-5-6-7-8-23-13-14-26(31-20-23)27(34)33(21-24-11-9-22(19-30)10-12-24)25-15-17-32(18-16-25)28(35)36-29(2,3)4;1-18(2,3)23-17(22)21-10-8-16(9-11-21)20-13-15-6-4-14(12-19)5-7-15;1-2-3-4-5-9-6-7-10(11(13)14)12-8-9/h9-14,20,25H,5-8,15-18,21H2,1-4H3;4-7,16,20H,8-11,13H2,1-3H3;6-8H,2-5H2,1H3,(H,13,14). The van der Waals surface area contributed by atoms with Crippen LogP contribution < -0.4 is 5.32 Å². The molecule has 2 aliphatic rings. The molecule has 0 radical (unpaired) electrons. The van der Waals surface area contributed by atoms with Crippen molar-refractivity contribution in [2.24, 2.45) is 0 Å². The Morgan fingerprint density at radius 1 is 0.630 bits per heavy atom. The van der Waals surface area contributed by atoms with Crippen molar-refractivity contribution in [3.8, 4) is 12.1 Å². The van der Waals surface area contributed by atoms with E-state index in [0.717, 1.165) is 74.8 Å². The number of nitriles is 2. The maximum atomic E-state index is 13.7. The van der Waals surface area contributed by atoms with Crippen molar-refractivity contribution in [1.82, 2.24) is 30.0 Å². The number of carbonyl (C=O) groups excluding carboxylic acids is 3. The molecule has 2 aromatic heterocycles. The smallest absolute Gasteiger partial charge is 0.410 e. The lowest BCUT2D eigenvalue weighted by molar-refractivity contribution is 0.0138. The van der Waals surface area contributed by atoms with Gasteiger partial charge in [0.2, 0.25) is 0 Å². The van der Waals surface area contributed by atoms with Gasteiger partial charge < -0.3 is 34.6 Å². The molecule has 2 fully saturated rings. The molecule has 0 aliphatic carbocycles. The number of nitrogens with one attached hydrogen (secondary N) is 1. The molecule has 4 heterocycles. The summed E-state index contributed by atoms with van der Waals surface area (Å²) in [5.74, 6) is -1.08. The number of carboxylic acid groups (broad SMARTS) is 1. The van der Waals surface area contributed by atoms with Crippen LogP contribution in [0.5, 0.6) is 0 Å². The monoisotopic (exact) mass is 999 g/mol. The predicted molar refractivity (Wildman–Crippen MR) is 283 cm³/mol. The molecule has 6 rings (SSSR count). The number of likely N-dealkylation sites (tertiary alicyclic amines) is 2. The quantitative estimate of drug-likeness (QED) is 0.101. The maximum absolute atomic E-state index is 13.7. The molecule has 2 saturated heterocycles. The molecule has 0 spiro atoms. The van der Waals surface area contributed by atoms with Gasteiger partial charge in [-0.2, -0.15) is 10.5 Å². The molecule has 2 aliphatic heterocycles. The van der Waals surface area contributed by atoms with E-state index in [0.29, 0.717) is 55.3 Å². The zero-order chi connectivity index (χ0) is 53.4. The van der Waals surface area contributed by atoms with Crippen LogP contribution in [-0.2, 0) is 35.4 Å². The van der Waals surface area contributed by atoms with E-state index in [1.54, 1.807) is 34.2 Å². The third kappa shape index (κ3) is 21.4. The molecule has 2 N–H and O–H groups in total. The van der Waals surface area contributed by atoms with Gasteiger partial charge in [0.05, 0.1) is 23.3 Å². The number of ether oxygens (including phenoxy) is 2. The lowest BCUT2D eigenvalue weighted by Gasteiger charge is -2.39. The Balaban J connectivity index is 0.000000265. The van der Waals surface area contributed by atoms with Crippen molar-refractivity contribution in [2.75, 3.05) is 26.2 Å². The first-order valence-electron chi connectivity index (χ1n) is 25.9. The first-order valence-corrected chi connectivity index (χ1v) is 25.9. The van der Waals surface area contributed by atoms with Crippen LogP contribution in [-0.4, -0.2) is 103 Å². The summed E-state index contributed by atoms with van der Waals surface area (Å²) in [5.41, 5.74) is 5.20. The molecule has 3 amide bonds. The van der Waals surface area contributed by atoms with E-state index < -0.39 is 17.2 Å². The van der Waals surface area contributed by atoms with Gasteiger partial charge in [0.25, 0.3) is 5.91 Å². The largest absolute Gasteiger partial charge is 0.477 e. The summed E-state index contributed by atoms with van der Waals surface area (Å²) in [6.45, 7) is 19.3. The Labute approximate surface area is 433 Å². The van der Waals surface area contributed by atoms with Crippen LogP contribution >= 0.6 is 0 Å². The zero-order valence-corrected chi connectivity index (χ0v) is 44.5. The number of carboxylic acids is 1. The lowest BCUT2D eigenvalue weighted by atomic mass is 10.0. The molecule has 0 unspecified atom stereocenters. The van der Waals surface area contributed by atoms with Crippen LogP contribution in [0, 0.1) is 22.7 Å².